The molecule has 1 aromatic carbocycles. The molecule has 1 aromatic rings. The third-order valence-electron chi connectivity index (χ3n) is 3.23. The van der Waals surface area contributed by atoms with E-state index in [9.17, 15) is 9.59 Å². The molecule has 5 heteroatoms. The third-order valence-corrected chi connectivity index (χ3v) is 3.56. The molecule has 0 heterocycles. The van der Waals surface area contributed by atoms with Crippen LogP contribution < -0.4 is 5.32 Å². The van der Waals surface area contributed by atoms with Crippen LogP contribution in [-0.2, 0) is 9.59 Å². The molecule has 2 amide bonds. The van der Waals surface area contributed by atoms with Crippen LogP contribution in [0.5, 0.6) is 0 Å². The zero-order chi connectivity index (χ0) is 15.7. The molecule has 0 atom stereocenters. The van der Waals surface area contributed by atoms with E-state index in [0.29, 0.717) is 23.8 Å². The van der Waals surface area contributed by atoms with Gasteiger partial charge in [0.2, 0.25) is 11.8 Å². The van der Waals surface area contributed by atoms with E-state index in [2.05, 4.69) is 12.2 Å². The topological polar surface area (TPSA) is 49.4 Å². The molecule has 1 N–H and O–H groups in total. The number of nitrogens with zero attached hydrogens (tertiary/aromatic N) is 1. The Morgan fingerprint density at radius 1 is 1.19 bits per heavy atom. The van der Waals surface area contributed by atoms with Crippen molar-refractivity contribution in [2.45, 2.75) is 39.5 Å². The Morgan fingerprint density at radius 2 is 1.90 bits per heavy atom. The van der Waals surface area contributed by atoms with E-state index in [1.165, 1.54) is 6.92 Å². The summed E-state index contributed by atoms with van der Waals surface area (Å²) in [5, 5.41) is 3.27. The lowest BCUT2D eigenvalue weighted by Gasteiger charge is -2.20. The molecule has 0 unspecified atom stereocenters. The molecule has 0 spiro atoms. The predicted molar refractivity (Wildman–Crippen MR) is 86.5 cm³/mol. The van der Waals surface area contributed by atoms with Gasteiger partial charge in [-0.3, -0.25) is 9.59 Å². The average Bonchev–Trinajstić information content (AvgIpc) is 2.44. The van der Waals surface area contributed by atoms with Crippen LogP contribution in [0.3, 0.4) is 0 Å². The lowest BCUT2D eigenvalue weighted by atomic mass is 10.2. The maximum atomic E-state index is 11.9. The number of benzene rings is 1. The van der Waals surface area contributed by atoms with Crippen molar-refractivity contribution in [1.82, 2.24) is 4.90 Å². The predicted octanol–water partition coefficient (Wildman–Crippen LogP) is 3.71. The number of unbranched alkanes of at least 4 members (excludes halogenated alkanes) is 2. The van der Waals surface area contributed by atoms with Gasteiger partial charge in [-0.2, -0.15) is 0 Å². The summed E-state index contributed by atoms with van der Waals surface area (Å²) in [7, 11) is 0. The fraction of sp³-hybridized carbons (Fsp3) is 0.500. The highest BCUT2D eigenvalue weighted by atomic mass is 35.5. The number of para-hydroxylation sites is 1. The van der Waals surface area contributed by atoms with Gasteiger partial charge in [-0.25, -0.2) is 0 Å². The molecule has 0 radical (unpaired) electrons. The second kappa shape index (κ2) is 9.40. The fourth-order valence-electron chi connectivity index (χ4n) is 1.99. The first-order valence-electron chi connectivity index (χ1n) is 7.34. The molecule has 116 valence electrons. The Kier molecular flexibility index (Phi) is 7.83. The summed E-state index contributed by atoms with van der Waals surface area (Å²) in [4.78, 5) is 25.2. The summed E-state index contributed by atoms with van der Waals surface area (Å²) in [6.45, 7) is 4.81. The van der Waals surface area contributed by atoms with Crippen molar-refractivity contribution in [3.63, 3.8) is 0 Å². The average molecular weight is 311 g/mol. The highest BCUT2D eigenvalue weighted by Gasteiger charge is 2.11. The molecule has 0 fully saturated rings. The zero-order valence-electron chi connectivity index (χ0n) is 12.7. The Hall–Kier alpha value is -1.55. The van der Waals surface area contributed by atoms with Crippen LogP contribution in [0, 0.1) is 0 Å². The third kappa shape index (κ3) is 6.63. The van der Waals surface area contributed by atoms with Crippen molar-refractivity contribution in [3.05, 3.63) is 29.3 Å². The van der Waals surface area contributed by atoms with Gasteiger partial charge in [0.05, 0.1) is 10.7 Å². The largest absolute Gasteiger partial charge is 0.342 e. The van der Waals surface area contributed by atoms with Gasteiger partial charge in [0, 0.05) is 26.4 Å². The molecule has 0 saturated carbocycles. The lowest BCUT2D eigenvalue weighted by molar-refractivity contribution is -0.129. The van der Waals surface area contributed by atoms with E-state index >= 15 is 0 Å². The van der Waals surface area contributed by atoms with Crippen molar-refractivity contribution in [3.8, 4) is 0 Å². The van der Waals surface area contributed by atoms with E-state index in [4.69, 9.17) is 11.6 Å². The molecular weight excluding hydrogens is 288 g/mol. The van der Waals surface area contributed by atoms with Crippen LogP contribution in [0.2, 0.25) is 5.02 Å². The van der Waals surface area contributed by atoms with Gasteiger partial charge in [0.15, 0.2) is 0 Å². The van der Waals surface area contributed by atoms with Crippen LogP contribution in [0.15, 0.2) is 24.3 Å². The number of amides is 2. The molecule has 0 aromatic heterocycles. The molecule has 21 heavy (non-hydrogen) atoms. The van der Waals surface area contributed by atoms with E-state index in [1.54, 1.807) is 17.0 Å². The van der Waals surface area contributed by atoms with Crippen LogP contribution in [0.1, 0.15) is 39.5 Å². The van der Waals surface area contributed by atoms with Gasteiger partial charge in [-0.15, -0.1) is 0 Å². The molecular formula is C16H23ClN2O2. The SMILES string of the molecule is CCCCCN(CCC(=O)Nc1ccccc1Cl)C(C)=O. The molecule has 0 saturated heterocycles. The maximum Gasteiger partial charge on any atom is 0.226 e. The smallest absolute Gasteiger partial charge is 0.226 e. The minimum Gasteiger partial charge on any atom is -0.342 e. The first-order chi connectivity index (χ1) is 10.0. The minimum absolute atomic E-state index is 0.0108. The number of hydrogen-bond donors (Lipinski definition) is 1. The maximum absolute atomic E-state index is 11.9. The number of carbonyl (C=O) groups excluding carboxylic acids is 2. The number of rotatable bonds is 8. The lowest BCUT2D eigenvalue weighted by Crippen LogP contribution is -2.32. The van der Waals surface area contributed by atoms with Crippen molar-refractivity contribution >= 4 is 29.1 Å². The Bertz CT molecular complexity index is 477. The van der Waals surface area contributed by atoms with E-state index in [0.717, 1.165) is 19.3 Å². The minimum atomic E-state index is -0.134. The number of nitrogens with one attached hydrogen (secondary N) is 1. The summed E-state index contributed by atoms with van der Waals surface area (Å²) in [5.41, 5.74) is 0.601. The molecule has 0 aliphatic heterocycles. The van der Waals surface area contributed by atoms with Gasteiger partial charge >= 0.3 is 0 Å². The zero-order valence-corrected chi connectivity index (χ0v) is 13.4. The van der Waals surface area contributed by atoms with Gasteiger partial charge < -0.3 is 10.2 Å². The summed E-state index contributed by atoms with van der Waals surface area (Å²) in [6.07, 6.45) is 3.45. The van der Waals surface area contributed by atoms with Crippen LogP contribution in [0.4, 0.5) is 5.69 Å². The Labute approximate surface area is 131 Å². The first-order valence-corrected chi connectivity index (χ1v) is 7.72. The Morgan fingerprint density at radius 3 is 2.52 bits per heavy atom. The van der Waals surface area contributed by atoms with Gasteiger partial charge in [-0.05, 0) is 18.6 Å². The van der Waals surface area contributed by atoms with Crippen molar-refractivity contribution < 1.29 is 9.59 Å². The fourth-order valence-corrected chi connectivity index (χ4v) is 2.17. The quantitative estimate of drug-likeness (QED) is 0.744. The van der Waals surface area contributed by atoms with E-state index in [1.807, 2.05) is 12.1 Å². The van der Waals surface area contributed by atoms with E-state index < -0.39 is 0 Å². The van der Waals surface area contributed by atoms with Crippen molar-refractivity contribution in [2.24, 2.45) is 0 Å². The molecule has 1 rings (SSSR count). The monoisotopic (exact) mass is 310 g/mol. The molecule has 0 aliphatic rings. The van der Waals surface area contributed by atoms with Gasteiger partial charge in [0.25, 0.3) is 0 Å². The molecule has 0 aliphatic carbocycles. The van der Waals surface area contributed by atoms with Gasteiger partial charge in [-0.1, -0.05) is 43.5 Å². The highest BCUT2D eigenvalue weighted by molar-refractivity contribution is 6.33. The molecule has 4 nitrogen and oxygen atoms in total. The second-order valence-electron chi connectivity index (χ2n) is 4.99. The van der Waals surface area contributed by atoms with Crippen LogP contribution in [0.25, 0.3) is 0 Å². The standard InChI is InChI=1S/C16H23ClN2O2/c1-3-4-7-11-19(13(2)20)12-10-16(21)18-15-9-6-5-8-14(15)17/h5-6,8-9H,3-4,7,10-12H2,1-2H3,(H,18,21). The van der Waals surface area contributed by atoms with Crippen molar-refractivity contribution in [2.75, 3.05) is 18.4 Å². The highest BCUT2D eigenvalue weighted by Crippen LogP contribution is 2.20. The van der Waals surface area contributed by atoms with Gasteiger partial charge in [0.1, 0.15) is 0 Å². The second-order valence-corrected chi connectivity index (χ2v) is 5.40. The van der Waals surface area contributed by atoms with Crippen LogP contribution >= 0.6 is 11.6 Å². The van der Waals surface area contributed by atoms with E-state index in [-0.39, 0.29) is 18.2 Å². The normalized spacial score (nSPS) is 10.2. The summed E-state index contributed by atoms with van der Waals surface area (Å²) >= 11 is 5.99. The number of halogens is 1. The van der Waals surface area contributed by atoms with Crippen LogP contribution in [-0.4, -0.2) is 29.8 Å². The molecule has 0 bridgehead atoms. The summed E-state index contributed by atoms with van der Waals surface area (Å²) < 4.78 is 0. The summed E-state index contributed by atoms with van der Waals surface area (Å²) in [5.74, 6) is -0.124. The number of anilines is 1. The summed E-state index contributed by atoms with van der Waals surface area (Å²) in [6, 6.07) is 7.10. The Balaban J connectivity index is 2.42. The first kappa shape index (κ1) is 17.5. The number of carbonyl (C=O) groups is 2. The van der Waals surface area contributed by atoms with Crippen molar-refractivity contribution in [1.29, 1.82) is 0 Å². The number of hydrogen-bond acceptors (Lipinski definition) is 2.